The van der Waals surface area contributed by atoms with Crippen molar-refractivity contribution >= 4 is 33.0 Å². The van der Waals surface area contributed by atoms with Crippen LogP contribution in [0.1, 0.15) is 23.4 Å². The van der Waals surface area contributed by atoms with Crippen molar-refractivity contribution in [3.8, 4) is 0 Å². The Kier molecular flexibility index (Phi) is 4.60. The van der Waals surface area contributed by atoms with Crippen LogP contribution in [0, 0.1) is 5.82 Å². The van der Waals surface area contributed by atoms with E-state index in [0.29, 0.717) is 5.56 Å². The molecule has 0 aliphatic carbocycles. The molecule has 1 heterocycles. The summed E-state index contributed by atoms with van der Waals surface area (Å²) < 4.78 is 15.0. The number of nitrogens with two attached hydrogens (primary N) is 1. The molecule has 0 spiro atoms. The zero-order valence-electron chi connectivity index (χ0n) is 10.9. The second-order valence-corrected chi connectivity index (χ2v) is 6.46. The number of halogens is 2. The summed E-state index contributed by atoms with van der Waals surface area (Å²) >= 11 is 5.12. The van der Waals surface area contributed by atoms with Gasteiger partial charge in [0.05, 0.1) is 6.54 Å². The number of nitrogens with zero attached hydrogens (tertiary/aromatic N) is 1. The lowest BCUT2D eigenvalue weighted by atomic mass is 10.1. The van der Waals surface area contributed by atoms with E-state index < -0.39 is 0 Å². The van der Waals surface area contributed by atoms with Crippen molar-refractivity contribution in [3.05, 3.63) is 50.4 Å². The third-order valence-electron chi connectivity index (χ3n) is 2.91. The zero-order valence-corrected chi connectivity index (χ0v) is 13.3. The van der Waals surface area contributed by atoms with Crippen LogP contribution in [0.25, 0.3) is 0 Å². The molecule has 0 fully saturated rings. The van der Waals surface area contributed by atoms with Gasteiger partial charge in [-0.1, -0.05) is 6.07 Å². The van der Waals surface area contributed by atoms with Crippen molar-refractivity contribution in [2.75, 3.05) is 11.9 Å². The minimum absolute atomic E-state index is 0.244. The first-order valence-electron chi connectivity index (χ1n) is 5.97. The maximum atomic E-state index is 13.9. The smallest absolute Gasteiger partial charge is 0.130 e. The van der Waals surface area contributed by atoms with Crippen LogP contribution in [0.2, 0.25) is 0 Å². The molecule has 102 valence electrons. The lowest BCUT2D eigenvalue weighted by molar-refractivity contribution is 0.592. The molecule has 2 nitrogen and oxygen atoms in total. The van der Waals surface area contributed by atoms with Crippen LogP contribution in [0.4, 0.5) is 10.1 Å². The third kappa shape index (κ3) is 3.35. The van der Waals surface area contributed by atoms with Gasteiger partial charge in [-0.15, -0.1) is 11.3 Å². The van der Waals surface area contributed by atoms with Gasteiger partial charge in [0.2, 0.25) is 0 Å². The van der Waals surface area contributed by atoms with Crippen molar-refractivity contribution < 1.29 is 4.39 Å². The number of thiophene rings is 1. The predicted octanol–water partition coefficient (Wildman–Crippen LogP) is 4.31. The monoisotopic (exact) mass is 342 g/mol. The van der Waals surface area contributed by atoms with E-state index in [1.807, 2.05) is 23.4 Å². The van der Waals surface area contributed by atoms with Gasteiger partial charge in [-0.3, -0.25) is 0 Å². The number of hydrogen-bond acceptors (Lipinski definition) is 3. The normalized spacial score (nSPS) is 12.5. The Balaban J connectivity index is 2.28. The molecule has 1 aromatic heterocycles. The fourth-order valence-electron chi connectivity index (χ4n) is 2.06. The lowest BCUT2D eigenvalue weighted by Gasteiger charge is -2.23. The van der Waals surface area contributed by atoms with Crippen molar-refractivity contribution in [1.29, 1.82) is 0 Å². The Labute approximate surface area is 125 Å². The average molecular weight is 343 g/mol. The van der Waals surface area contributed by atoms with Gasteiger partial charge >= 0.3 is 0 Å². The van der Waals surface area contributed by atoms with E-state index in [0.717, 1.165) is 16.7 Å². The van der Waals surface area contributed by atoms with Gasteiger partial charge in [0.15, 0.2) is 0 Å². The van der Waals surface area contributed by atoms with E-state index in [2.05, 4.69) is 22.0 Å². The highest BCUT2D eigenvalue weighted by Gasteiger charge is 2.15. The first-order chi connectivity index (χ1) is 8.99. The molecule has 19 heavy (non-hydrogen) atoms. The highest BCUT2D eigenvalue weighted by molar-refractivity contribution is 9.10. The van der Waals surface area contributed by atoms with E-state index >= 15 is 0 Å². The average Bonchev–Trinajstić information content (AvgIpc) is 2.73. The van der Waals surface area contributed by atoms with E-state index in [1.165, 1.54) is 10.9 Å². The van der Waals surface area contributed by atoms with Crippen molar-refractivity contribution in [3.63, 3.8) is 0 Å². The van der Waals surface area contributed by atoms with Crippen LogP contribution in [0.5, 0.6) is 0 Å². The predicted molar refractivity (Wildman–Crippen MR) is 83.1 cm³/mol. The highest BCUT2D eigenvalue weighted by atomic mass is 79.9. The van der Waals surface area contributed by atoms with Crippen LogP contribution in [0.15, 0.2) is 34.1 Å². The Bertz CT molecular complexity index is 568. The maximum Gasteiger partial charge on any atom is 0.130 e. The molecule has 1 aromatic carbocycles. The molecule has 0 amide bonds. The van der Waals surface area contributed by atoms with Crippen LogP contribution in [0.3, 0.4) is 0 Å². The first kappa shape index (κ1) is 14.5. The van der Waals surface area contributed by atoms with Gasteiger partial charge < -0.3 is 10.6 Å². The fraction of sp³-hybridized carbons (Fsp3) is 0.286. The first-order valence-corrected chi connectivity index (χ1v) is 7.64. The van der Waals surface area contributed by atoms with Gasteiger partial charge in [-0.25, -0.2) is 4.39 Å². The topological polar surface area (TPSA) is 29.3 Å². The molecule has 0 aliphatic rings. The Morgan fingerprint density at radius 2 is 2.21 bits per heavy atom. The Hall–Kier alpha value is -0.910. The summed E-state index contributed by atoms with van der Waals surface area (Å²) in [6, 6.07) is 6.83. The van der Waals surface area contributed by atoms with E-state index in [9.17, 15) is 4.39 Å². The SMILES string of the molecule is C[C@H](N)c1c(F)cccc1N(C)Cc1cc(Br)cs1. The van der Waals surface area contributed by atoms with Gasteiger partial charge in [0.1, 0.15) is 5.82 Å². The molecule has 2 aromatic rings. The molecule has 0 saturated heterocycles. The maximum absolute atomic E-state index is 13.9. The minimum Gasteiger partial charge on any atom is -0.369 e. The van der Waals surface area contributed by atoms with E-state index in [4.69, 9.17) is 5.73 Å². The molecular formula is C14H16BrFN2S. The highest BCUT2D eigenvalue weighted by Crippen LogP contribution is 2.29. The summed E-state index contributed by atoms with van der Waals surface area (Å²) in [7, 11) is 1.95. The second-order valence-electron chi connectivity index (χ2n) is 4.55. The quantitative estimate of drug-likeness (QED) is 0.897. The summed E-state index contributed by atoms with van der Waals surface area (Å²) in [6.45, 7) is 2.54. The second kappa shape index (κ2) is 6.03. The van der Waals surface area contributed by atoms with Gasteiger partial charge in [0.25, 0.3) is 0 Å². The van der Waals surface area contributed by atoms with Crippen molar-refractivity contribution in [2.24, 2.45) is 5.73 Å². The zero-order chi connectivity index (χ0) is 14.0. The van der Waals surface area contributed by atoms with Crippen LogP contribution in [-0.2, 0) is 6.54 Å². The van der Waals surface area contributed by atoms with Crippen LogP contribution in [-0.4, -0.2) is 7.05 Å². The number of anilines is 1. The molecule has 2 rings (SSSR count). The Morgan fingerprint density at radius 3 is 2.79 bits per heavy atom. The van der Waals surface area contributed by atoms with E-state index in [-0.39, 0.29) is 11.9 Å². The minimum atomic E-state index is -0.325. The molecule has 0 unspecified atom stereocenters. The molecule has 0 aliphatic heterocycles. The molecule has 0 saturated carbocycles. The third-order valence-corrected chi connectivity index (χ3v) is 4.59. The molecule has 2 N–H and O–H groups in total. The molecule has 1 atom stereocenters. The van der Waals surface area contributed by atoms with Gasteiger partial charge in [0, 0.05) is 39.1 Å². The molecule has 0 bridgehead atoms. The summed E-state index contributed by atoms with van der Waals surface area (Å²) in [5.74, 6) is -0.244. The standard InChI is InChI=1S/C14H16BrFN2S/c1-9(17)14-12(16)4-3-5-13(14)18(2)7-11-6-10(15)8-19-11/h3-6,8-9H,7,17H2,1-2H3/t9-/m0/s1. The summed E-state index contributed by atoms with van der Waals surface area (Å²) in [4.78, 5) is 3.24. The van der Waals surface area contributed by atoms with Crippen LogP contribution >= 0.6 is 27.3 Å². The lowest BCUT2D eigenvalue weighted by Crippen LogP contribution is -2.20. The van der Waals surface area contributed by atoms with Crippen LogP contribution < -0.4 is 10.6 Å². The molecular weight excluding hydrogens is 327 g/mol. The number of hydrogen-bond donors (Lipinski definition) is 1. The fourth-order valence-corrected chi connectivity index (χ4v) is 3.57. The van der Waals surface area contributed by atoms with Crippen molar-refractivity contribution in [2.45, 2.75) is 19.5 Å². The summed E-state index contributed by atoms with van der Waals surface area (Å²) in [6.07, 6.45) is 0. The summed E-state index contributed by atoms with van der Waals surface area (Å²) in [5, 5.41) is 2.04. The number of rotatable bonds is 4. The van der Waals surface area contributed by atoms with E-state index in [1.54, 1.807) is 24.3 Å². The largest absolute Gasteiger partial charge is 0.369 e. The van der Waals surface area contributed by atoms with Gasteiger partial charge in [-0.05, 0) is 41.1 Å². The van der Waals surface area contributed by atoms with Crippen molar-refractivity contribution in [1.82, 2.24) is 0 Å². The Morgan fingerprint density at radius 1 is 1.47 bits per heavy atom. The number of benzene rings is 1. The molecule has 0 radical (unpaired) electrons. The molecule has 5 heteroatoms. The van der Waals surface area contributed by atoms with Gasteiger partial charge in [-0.2, -0.15) is 0 Å². The summed E-state index contributed by atoms with van der Waals surface area (Å²) in [5.41, 5.74) is 7.30.